The van der Waals surface area contributed by atoms with Crippen LogP contribution in [0.25, 0.3) is 0 Å². The Kier molecular flexibility index (Phi) is 7.95. The maximum atomic E-state index is 13.1. The summed E-state index contributed by atoms with van der Waals surface area (Å²) in [5, 5.41) is 6.68. The molecule has 1 aromatic carbocycles. The van der Waals surface area contributed by atoms with Crippen LogP contribution in [0.4, 0.5) is 0 Å². The third-order valence-electron chi connectivity index (χ3n) is 5.68. The van der Waals surface area contributed by atoms with Crippen molar-refractivity contribution in [1.82, 2.24) is 15.5 Å². The summed E-state index contributed by atoms with van der Waals surface area (Å²) in [5.41, 5.74) is 0.894. The molecule has 2 atom stereocenters. The first kappa shape index (κ1) is 24.3. The molecule has 32 heavy (non-hydrogen) atoms. The van der Waals surface area contributed by atoms with Gasteiger partial charge in [0.05, 0.1) is 37.3 Å². The number of nitrogens with zero attached hydrogens (tertiary/aromatic N) is 1. The largest absolute Gasteiger partial charge is 0.466 e. The Morgan fingerprint density at radius 1 is 1.12 bits per heavy atom. The van der Waals surface area contributed by atoms with Crippen LogP contribution in [0.1, 0.15) is 17.9 Å². The predicted molar refractivity (Wildman–Crippen MR) is 120 cm³/mol. The molecule has 10 heteroatoms. The van der Waals surface area contributed by atoms with Crippen LogP contribution in [0, 0.1) is 0 Å². The minimum Gasteiger partial charge on any atom is -0.466 e. The minimum atomic E-state index is -0.970. The van der Waals surface area contributed by atoms with E-state index in [0.717, 1.165) is 13.1 Å². The number of halogens is 2. The number of ketones is 1. The third kappa shape index (κ3) is 4.83. The lowest BCUT2D eigenvalue weighted by Crippen LogP contribution is -2.53. The van der Waals surface area contributed by atoms with Crippen LogP contribution in [-0.4, -0.2) is 69.6 Å². The standard InChI is InChI=1S/C22H25Cl2N3O5/c1-27-8-7-25-11-16(27)17(28)9-15-20(22(30)32-3)18(12(10-26-15)21(29)31-2)19-13(23)5-4-6-14(19)24/h4-6,10,16,18,25-26H,7-9,11H2,1-3H3. The zero-order valence-electron chi connectivity index (χ0n) is 18.0. The number of ether oxygens (including phenoxy) is 2. The number of hydrogen-bond acceptors (Lipinski definition) is 8. The lowest BCUT2D eigenvalue weighted by atomic mass is 9.80. The summed E-state index contributed by atoms with van der Waals surface area (Å²) in [4.78, 5) is 40.6. The van der Waals surface area contributed by atoms with Crippen molar-refractivity contribution in [1.29, 1.82) is 0 Å². The minimum absolute atomic E-state index is 0.0648. The molecule has 1 saturated heterocycles. The van der Waals surface area contributed by atoms with Crippen LogP contribution in [-0.2, 0) is 23.9 Å². The number of allylic oxidation sites excluding steroid dienone is 1. The zero-order valence-corrected chi connectivity index (χ0v) is 19.5. The fourth-order valence-electron chi connectivity index (χ4n) is 3.99. The average molecular weight is 482 g/mol. The van der Waals surface area contributed by atoms with Gasteiger partial charge in [-0.3, -0.25) is 9.69 Å². The van der Waals surface area contributed by atoms with Crippen molar-refractivity contribution in [2.45, 2.75) is 18.4 Å². The summed E-state index contributed by atoms with van der Waals surface area (Å²) in [5.74, 6) is -2.42. The predicted octanol–water partition coefficient (Wildman–Crippen LogP) is 2.03. The Morgan fingerprint density at radius 2 is 1.78 bits per heavy atom. The molecule has 8 nitrogen and oxygen atoms in total. The first-order chi connectivity index (χ1) is 15.3. The van der Waals surface area contributed by atoms with Gasteiger partial charge in [0, 0.05) is 53.6 Å². The second-order valence-corrected chi connectivity index (χ2v) is 8.35. The van der Waals surface area contributed by atoms with Crippen molar-refractivity contribution in [3.05, 3.63) is 56.9 Å². The van der Waals surface area contributed by atoms with E-state index in [1.165, 1.54) is 20.4 Å². The number of esters is 2. The van der Waals surface area contributed by atoms with Crippen LogP contribution < -0.4 is 10.6 Å². The van der Waals surface area contributed by atoms with E-state index in [9.17, 15) is 14.4 Å². The molecule has 0 bridgehead atoms. The molecule has 2 heterocycles. The van der Waals surface area contributed by atoms with Gasteiger partial charge >= 0.3 is 11.9 Å². The molecule has 2 N–H and O–H groups in total. The maximum absolute atomic E-state index is 13.1. The molecule has 0 aliphatic carbocycles. The lowest BCUT2D eigenvalue weighted by Gasteiger charge is -2.33. The second-order valence-electron chi connectivity index (χ2n) is 7.53. The Bertz CT molecular complexity index is 972. The number of piperazine rings is 1. The number of benzene rings is 1. The van der Waals surface area contributed by atoms with Crippen LogP contribution >= 0.6 is 23.2 Å². The molecule has 0 radical (unpaired) electrons. The van der Waals surface area contributed by atoms with E-state index in [0.29, 0.717) is 17.8 Å². The summed E-state index contributed by atoms with van der Waals surface area (Å²) >= 11 is 12.9. The molecular weight excluding hydrogens is 457 g/mol. The number of rotatable bonds is 6. The normalized spacial score (nSPS) is 21.5. The highest BCUT2D eigenvalue weighted by Gasteiger charge is 2.39. The lowest BCUT2D eigenvalue weighted by molar-refractivity contribution is -0.137. The Labute approximate surface area is 196 Å². The van der Waals surface area contributed by atoms with Gasteiger partial charge in [-0.25, -0.2) is 9.59 Å². The maximum Gasteiger partial charge on any atom is 0.336 e. The first-order valence-corrected chi connectivity index (χ1v) is 10.8. The van der Waals surface area contributed by atoms with Crippen molar-refractivity contribution in [3.8, 4) is 0 Å². The van der Waals surface area contributed by atoms with Crippen molar-refractivity contribution in [2.75, 3.05) is 40.9 Å². The highest BCUT2D eigenvalue weighted by Crippen LogP contribution is 2.43. The van der Waals surface area contributed by atoms with Crippen LogP contribution in [0.15, 0.2) is 41.2 Å². The highest BCUT2D eigenvalue weighted by molar-refractivity contribution is 6.36. The van der Waals surface area contributed by atoms with Crippen molar-refractivity contribution in [3.63, 3.8) is 0 Å². The topological polar surface area (TPSA) is 97.0 Å². The molecule has 2 aliphatic rings. The van der Waals surface area contributed by atoms with E-state index in [1.807, 2.05) is 11.9 Å². The first-order valence-electron chi connectivity index (χ1n) is 10.0. The van der Waals surface area contributed by atoms with Crippen LogP contribution in [0.2, 0.25) is 10.0 Å². The van der Waals surface area contributed by atoms with Gasteiger partial charge in [-0.1, -0.05) is 29.3 Å². The Morgan fingerprint density at radius 3 is 2.38 bits per heavy atom. The summed E-state index contributed by atoms with van der Waals surface area (Å²) in [6.45, 7) is 2.04. The number of hydrogen-bond donors (Lipinski definition) is 2. The van der Waals surface area contributed by atoms with Crippen LogP contribution in [0.5, 0.6) is 0 Å². The van der Waals surface area contributed by atoms with Crippen molar-refractivity contribution < 1.29 is 23.9 Å². The molecule has 1 fully saturated rings. The number of carbonyl (C=O) groups excluding carboxylic acids is 3. The van der Waals surface area contributed by atoms with Gasteiger partial charge in [-0.2, -0.15) is 0 Å². The fraction of sp³-hybridized carbons (Fsp3) is 0.409. The molecule has 3 rings (SSSR count). The number of likely N-dealkylation sites (N-methyl/N-ethyl adjacent to an activating group) is 1. The van der Waals surface area contributed by atoms with E-state index < -0.39 is 17.9 Å². The van der Waals surface area contributed by atoms with Gasteiger partial charge in [0.15, 0.2) is 5.78 Å². The monoisotopic (exact) mass is 481 g/mol. The Hall–Kier alpha value is -2.39. The molecule has 1 aromatic rings. The van der Waals surface area contributed by atoms with Crippen molar-refractivity contribution in [2.24, 2.45) is 0 Å². The molecular formula is C22H25Cl2N3O5. The average Bonchev–Trinajstić information content (AvgIpc) is 2.78. The van der Waals surface area contributed by atoms with E-state index >= 15 is 0 Å². The molecule has 2 unspecified atom stereocenters. The molecule has 172 valence electrons. The summed E-state index contributed by atoms with van der Waals surface area (Å²) in [6, 6.07) is 4.55. The summed E-state index contributed by atoms with van der Waals surface area (Å²) < 4.78 is 9.94. The van der Waals surface area contributed by atoms with Gasteiger partial charge in [0.25, 0.3) is 0 Å². The number of nitrogens with one attached hydrogen (secondary N) is 2. The van der Waals surface area contributed by atoms with Crippen LogP contribution in [0.3, 0.4) is 0 Å². The van der Waals surface area contributed by atoms with Crippen molar-refractivity contribution >= 4 is 40.9 Å². The molecule has 2 aliphatic heterocycles. The number of methoxy groups -OCH3 is 2. The number of Topliss-reactive ketones (excluding diaryl/α,β-unsaturated/α-hetero) is 1. The third-order valence-corrected chi connectivity index (χ3v) is 6.33. The number of dihydropyridines is 1. The molecule has 0 spiro atoms. The van der Waals surface area contributed by atoms with E-state index in [-0.39, 0.29) is 39.4 Å². The van der Waals surface area contributed by atoms with Gasteiger partial charge in [0.1, 0.15) is 0 Å². The van der Waals surface area contributed by atoms with E-state index in [4.69, 9.17) is 32.7 Å². The van der Waals surface area contributed by atoms with Gasteiger partial charge in [-0.15, -0.1) is 0 Å². The highest BCUT2D eigenvalue weighted by atomic mass is 35.5. The smallest absolute Gasteiger partial charge is 0.336 e. The van der Waals surface area contributed by atoms with E-state index in [2.05, 4.69) is 10.6 Å². The summed E-state index contributed by atoms with van der Waals surface area (Å²) in [7, 11) is 4.35. The van der Waals surface area contributed by atoms with Gasteiger partial charge in [0.2, 0.25) is 0 Å². The number of carbonyl (C=O) groups is 3. The second kappa shape index (κ2) is 10.5. The van der Waals surface area contributed by atoms with Gasteiger partial charge < -0.3 is 20.1 Å². The molecule has 0 aromatic heterocycles. The fourth-order valence-corrected chi connectivity index (χ4v) is 4.61. The SMILES string of the molecule is COC(=O)C1=CNC(CC(=O)C2CNCCN2C)=C(C(=O)OC)C1c1c(Cl)cccc1Cl. The quantitative estimate of drug-likeness (QED) is 0.595. The van der Waals surface area contributed by atoms with Gasteiger partial charge in [-0.05, 0) is 19.2 Å². The molecule has 0 amide bonds. The Balaban J connectivity index is 2.11. The van der Waals surface area contributed by atoms with E-state index in [1.54, 1.807) is 18.2 Å². The summed E-state index contributed by atoms with van der Waals surface area (Å²) in [6.07, 6.45) is 1.36. The zero-order chi connectivity index (χ0) is 23.4. The molecule has 0 saturated carbocycles.